The van der Waals surface area contributed by atoms with Gasteiger partial charge in [-0.1, -0.05) is 0 Å². The van der Waals surface area contributed by atoms with Crippen LogP contribution in [0.15, 0.2) is 33.9 Å². The quantitative estimate of drug-likeness (QED) is 0.669. The number of fused-ring (bicyclic) bond motifs is 1. The van der Waals surface area contributed by atoms with E-state index in [1.54, 1.807) is 12.4 Å². The molecule has 2 heterocycles. The van der Waals surface area contributed by atoms with E-state index in [2.05, 4.69) is 25.9 Å². The van der Waals surface area contributed by atoms with Gasteiger partial charge in [0, 0.05) is 24.7 Å². The third kappa shape index (κ3) is 1.12. The standard InChI is InChI=1S/C7H4BrN3O/c8-5-3-10-7-9-2-1-6(12)11(7)4-5/h1-4H. The van der Waals surface area contributed by atoms with Crippen LogP contribution >= 0.6 is 15.9 Å². The maximum atomic E-state index is 11.2. The summed E-state index contributed by atoms with van der Waals surface area (Å²) in [5, 5.41) is 0. The van der Waals surface area contributed by atoms with Crippen molar-refractivity contribution in [2.75, 3.05) is 0 Å². The zero-order valence-electron chi connectivity index (χ0n) is 5.94. The van der Waals surface area contributed by atoms with Crippen molar-refractivity contribution in [2.45, 2.75) is 0 Å². The first-order valence-electron chi connectivity index (χ1n) is 3.26. The van der Waals surface area contributed by atoms with Gasteiger partial charge in [-0.15, -0.1) is 0 Å². The Morgan fingerprint density at radius 1 is 1.42 bits per heavy atom. The Kier molecular flexibility index (Phi) is 1.65. The number of hydrogen-bond acceptors (Lipinski definition) is 3. The summed E-state index contributed by atoms with van der Waals surface area (Å²) in [6, 6.07) is 1.39. The van der Waals surface area contributed by atoms with Crippen molar-refractivity contribution in [3.63, 3.8) is 0 Å². The molecule has 5 heteroatoms. The van der Waals surface area contributed by atoms with E-state index in [4.69, 9.17) is 0 Å². The van der Waals surface area contributed by atoms with E-state index in [1.807, 2.05) is 0 Å². The van der Waals surface area contributed by atoms with Crippen molar-refractivity contribution in [3.8, 4) is 0 Å². The third-order valence-electron chi connectivity index (χ3n) is 1.42. The Morgan fingerprint density at radius 2 is 2.25 bits per heavy atom. The summed E-state index contributed by atoms with van der Waals surface area (Å²) in [4.78, 5) is 19.1. The van der Waals surface area contributed by atoms with Crippen molar-refractivity contribution < 1.29 is 0 Å². The zero-order valence-corrected chi connectivity index (χ0v) is 7.52. The second kappa shape index (κ2) is 2.67. The first kappa shape index (κ1) is 7.42. The fraction of sp³-hybridized carbons (Fsp3) is 0. The van der Waals surface area contributed by atoms with Gasteiger partial charge >= 0.3 is 0 Å². The molecule has 2 rings (SSSR count). The van der Waals surface area contributed by atoms with Crippen LogP contribution in [0.1, 0.15) is 0 Å². The van der Waals surface area contributed by atoms with Crippen LogP contribution in [0.25, 0.3) is 5.78 Å². The van der Waals surface area contributed by atoms with Gasteiger partial charge < -0.3 is 0 Å². The predicted octanol–water partition coefficient (Wildman–Crippen LogP) is 0.852. The number of halogens is 1. The van der Waals surface area contributed by atoms with Crippen LogP contribution < -0.4 is 5.56 Å². The van der Waals surface area contributed by atoms with Crippen LogP contribution in [0.2, 0.25) is 0 Å². The second-order valence-electron chi connectivity index (χ2n) is 2.23. The Bertz CT molecular complexity index is 479. The van der Waals surface area contributed by atoms with Crippen molar-refractivity contribution >= 4 is 21.7 Å². The van der Waals surface area contributed by atoms with Crippen molar-refractivity contribution in [1.82, 2.24) is 14.4 Å². The van der Waals surface area contributed by atoms with Crippen LogP contribution in [0.4, 0.5) is 0 Å². The smallest absolute Gasteiger partial charge is 0.259 e. The Hall–Kier alpha value is -1.23. The van der Waals surface area contributed by atoms with Gasteiger partial charge in [-0.05, 0) is 15.9 Å². The van der Waals surface area contributed by atoms with E-state index >= 15 is 0 Å². The van der Waals surface area contributed by atoms with Crippen molar-refractivity contribution in [3.05, 3.63) is 39.5 Å². The van der Waals surface area contributed by atoms with Gasteiger partial charge in [0.05, 0.1) is 4.47 Å². The maximum absolute atomic E-state index is 11.2. The molecular weight excluding hydrogens is 222 g/mol. The van der Waals surface area contributed by atoms with E-state index in [9.17, 15) is 4.79 Å². The Balaban J connectivity index is 2.98. The number of nitrogens with zero attached hydrogens (tertiary/aromatic N) is 3. The summed E-state index contributed by atoms with van der Waals surface area (Å²) in [6.45, 7) is 0. The van der Waals surface area contributed by atoms with Crippen LogP contribution in [0.5, 0.6) is 0 Å². The molecule has 0 saturated heterocycles. The molecule has 0 saturated carbocycles. The summed E-state index contributed by atoms with van der Waals surface area (Å²) < 4.78 is 2.13. The molecule has 0 radical (unpaired) electrons. The van der Waals surface area contributed by atoms with E-state index in [1.165, 1.54) is 16.7 Å². The normalized spacial score (nSPS) is 10.4. The number of hydrogen-bond donors (Lipinski definition) is 0. The fourth-order valence-electron chi connectivity index (χ4n) is 0.902. The van der Waals surface area contributed by atoms with Crippen LogP contribution in [0, 0.1) is 0 Å². The zero-order chi connectivity index (χ0) is 8.55. The summed E-state index contributed by atoms with van der Waals surface area (Å²) in [5.74, 6) is 0.408. The summed E-state index contributed by atoms with van der Waals surface area (Å²) in [5.41, 5.74) is -0.131. The van der Waals surface area contributed by atoms with Crippen molar-refractivity contribution in [2.24, 2.45) is 0 Å². The SMILES string of the molecule is O=c1ccnc2ncc(Br)cn12. The topological polar surface area (TPSA) is 47.3 Å². The van der Waals surface area contributed by atoms with Crippen LogP contribution in [-0.4, -0.2) is 14.4 Å². The lowest BCUT2D eigenvalue weighted by Crippen LogP contribution is -2.13. The van der Waals surface area contributed by atoms with Gasteiger partial charge in [-0.2, -0.15) is 0 Å². The number of rotatable bonds is 0. The minimum absolute atomic E-state index is 0.131. The molecule has 0 atom stereocenters. The predicted molar refractivity (Wildman–Crippen MR) is 47.0 cm³/mol. The highest BCUT2D eigenvalue weighted by Crippen LogP contribution is 2.05. The molecule has 0 bridgehead atoms. The minimum Gasteiger partial charge on any atom is -0.269 e. The van der Waals surface area contributed by atoms with Gasteiger partial charge in [-0.3, -0.25) is 9.20 Å². The monoisotopic (exact) mass is 225 g/mol. The maximum Gasteiger partial charge on any atom is 0.259 e. The first-order valence-corrected chi connectivity index (χ1v) is 4.05. The first-order chi connectivity index (χ1) is 5.77. The summed E-state index contributed by atoms with van der Waals surface area (Å²) >= 11 is 3.22. The van der Waals surface area contributed by atoms with Crippen molar-refractivity contribution in [1.29, 1.82) is 0 Å². The molecule has 0 aromatic carbocycles. The van der Waals surface area contributed by atoms with E-state index in [0.717, 1.165) is 4.47 Å². The molecule has 12 heavy (non-hydrogen) atoms. The molecule has 60 valence electrons. The van der Waals surface area contributed by atoms with E-state index in [0.29, 0.717) is 5.78 Å². The Labute approximate surface area is 76.0 Å². The van der Waals surface area contributed by atoms with Crippen LogP contribution in [-0.2, 0) is 0 Å². The highest BCUT2D eigenvalue weighted by Gasteiger charge is 1.96. The molecule has 0 spiro atoms. The highest BCUT2D eigenvalue weighted by atomic mass is 79.9. The fourth-order valence-corrected chi connectivity index (χ4v) is 1.21. The molecule has 0 N–H and O–H groups in total. The highest BCUT2D eigenvalue weighted by molar-refractivity contribution is 9.10. The van der Waals surface area contributed by atoms with E-state index in [-0.39, 0.29) is 5.56 Å². The molecule has 2 aromatic heterocycles. The van der Waals surface area contributed by atoms with Gasteiger partial charge in [0.1, 0.15) is 0 Å². The van der Waals surface area contributed by atoms with E-state index < -0.39 is 0 Å². The van der Waals surface area contributed by atoms with Gasteiger partial charge in [-0.25, -0.2) is 9.97 Å². The lowest BCUT2D eigenvalue weighted by molar-refractivity contribution is 0.988. The molecular formula is C7H4BrN3O. The second-order valence-corrected chi connectivity index (χ2v) is 3.14. The number of aromatic nitrogens is 3. The molecule has 0 fully saturated rings. The molecule has 0 amide bonds. The molecule has 0 aliphatic rings. The Morgan fingerprint density at radius 3 is 3.08 bits per heavy atom. The van der Waals surface area contributed by atoms with Crippen LogP contribution in [0.3, 0.4) is 0 Å². The van der Waals surface area contributed by atoms with Gasteiger partial charge in [0.15, 0.2) is 0 Å². The molecule has 0 unspecified atom stereocenters. The lowest BCUT2D eigenvalue weighted by Gasteiger charge is -1.96. The summed E-state index contributed by atoms with van der Waals surface area (Å²) in [7, 11) is 0. The van der Waals surface area contributed by atoms with Gasteiger partial charge in [0.25, 0.3) is 5.56 Å². The average Bonchev–Trinajstić information content (AvgIpc) is 2.07. The summed E-state index contributed by atoms with van der Waals surface area (Å²) in [6.07, 6.45) is 4.68. The molecule has 0 aliphatic carbocycles. The third-order valence-corrected chi connectivity index (χ3v) is 1.83. The largest absolute Gasteiger partial charge is 0.269 e. The average molecular weight is 226 g/mol. The molecule has 2 aromatic rings. The van der Waals surface area contributed by atoms with Gasteiger partial charge in [0.2, 0.25) is 5.78 Å². The molecule has 4 nitrogen and oxygen atoms in total. The lowest BCUT2D eigenvalue weighted by atomic mass is 10.6. The minimum atomic E-state index is -0.131. The molecule has 0 aliphatic heterocycles.